The van der Waals surface area contributed by atoms with Crippen LogP contribution < -0.4 is 10.6 Å². The van der Waals surface area contributed by atoms with Crippen molar-refractivity contribution in [1.82, 2.24) is 9.97 Å². The highest BCUT2D eigenvalue weighted by molar-refractivity contribution is 5.49. The molecule has 1 atom stereocenters. The van der Waals surface area contributed by atoms with Gasteiger partial charge in [-0.3, -0.25) is 0 Å². The molecule has 5 nitrogen and oxygen atoms in total. The third kappa shape index (κ3) is 3.22. The molecule has 0 aliphatic carbocycles. The monoisotopic (exact) mass is 264 g/mol. The largest absolute Gasteiger partial charge is 0.375 e. The van der Waals surface area contributed by atoms with E-state index in [1.165, 1.54) is 0 Å². The van der Waals surface area contributed by atoms with Crippen LogP contribution in [0.15, 0.2) is 6.20 Å². The van der Waals surface area contributed by atoms with Gasteiger partial charge in [-0.1, -0.05) is 20.8 Å². The Labute approximate surface area is 115 Å². The normalized spacial score (nSPS) is 20.1. The van der Waals surface area contributed by atoms with E-state index in [1.807, 2.05) is 6.20 Å². The van der Waals surface area contributed by atoms with E-state index in [-0.39, 0.29) is 0 Å². The highest BCUT2D eigenvalue weighted by Crippen LogP contribution is 2.23. The lowest BCUT2D eigenvalue weighted by Crippen LogP contribution is -2.43. The molecular weight excluding hydrogens is 240 g/mol. The number of hydrogen-bond acceptors (Lipinski definition) is 5. The maximum atomic E-state index is 5.85. The van der Waals surface area contributed by atoms with Crippen LogP contribution in [-0.2, 0) is 11.3 Å². The topological polar surface area (TPSA) is 64.3 Å². The van der Waals surface area contributed by atoms with Crippen molar-refractivity contribution >= 4 is 5.69 Å². The summed E-state index contributed by atoms with van der Waals surface area (Å²) in [5.74, 6) is 1.19. The van der Waals surface area contributed by atoms with Gasteiger partial charge in [0.25, 0.3) is 0 Å². The van der Waals surface area contributed by atoms with E-state index in [0.717, 1.165) is 43.3 Å². The zero-order chi connectivity index (χ0) is 13.8. The maximum absolute atomic E-state index is 5.85. The van der Waals surface area contributed by atoms with Crippen molar-refractivity contribution in [3.8, 4) is 0 Å². The lowest BCUT2D eigenvalue weighted by atomic mass is 10.1. The van der Waals surface area contributed by atoms with Gasteiger partial charge in [0.2, 0.25) is 0 Å². The summed E-state index contributed by atoms with van der Waals surface area (Å²) in [6.07, 6.45) is 3.24. The summed E-state index contributed by atoms with van der Waals surface area (Å²) in [5.41, 5.74) is 7.85. The molecule has 1 aromatic heterocycles. The lowest BCUT2D eigenvalue weighted by molar-refractivity contribution is 0.0383. The number of anilines is 1. The second-order valence-corrected chi connectivity index (χ2v) is 5.27. The average Bonchev–Trinajstić information content (AvgIpc) is 2.46. The van der Waals surface area contributed by atoms with Gasteiger partial charge in [0.15, 0.2) is 0 Å². The molecule has 19 heavy (non-hydrogen) atoms. The number of aromatic nitrogens is 2. The molecule has 1 fully saturated rings. The Balaban J connectivity index is 2.23. The molecule has 1 aliphatic rings. The van der Waals surface area contributed by atoms with Gasteiger partial charge in [-0.2, -0.15) is 0 Å². The lowest BCUT2D eigenvalue weighted by Gasteiger charge is -2.34. The molecule has 2 rings (SSSR count). The smallest absolute Gasteiger partial charge is 0.131 e. The van der Waals surface area contributed by atoms with Gasteiger partial charge in [0.1, 0.15) is 5.82 Å². The van der Waals surface area contributed by atoms with E-state index in [1.54, 1.807) is 0 Å². The first kappa shape index (κ1) is 14.2. The van der Waals surface area contributed by atoms with Crippen molar-refractivity contribution in [2.45, 2.75) is 45.8 Å². The first-order chi connectivity index (χ1) is 9.15. The number of hydrogen-bond donors (Lipinski definition) is 1. The van der Waals surface area contributed by atoms with Crippen molar-refractivity contribution in [1.29, 1.82) is 0 Å². The van der Waals surface area contributed by atoms with Gasteiger partial charge in [0.05, 0.1) is 30.3 Å². The number of morpholine rings is 1. The molecular formula is C14H24N4O. The molecule has 2 heterocycles. The minimum atomic E-state index is 0.296. The second-order valence-electron chi connectivity index (χ2n) is 5.27. The van der Waals surface area contributed by atoms with Crippen LogP contribution in [0, 0.1) is 0 Å². The van der Waals surface area contributed by atoms with E-state index in [4.69, 9.17) is 10.5 Å². The summed E-state index contributed by atoms with van der Waals surface area (Å²) < 4.78 is 5.70. The Hall–Kier alpha value is -1.20. The minimum absolute atomic E-state index is 0.296. The number of ether oxygens (including phenoxy) is 1. The Kier molecular flexibility index (Phi) is 4.71. The molecule has 1 aromatic rings. The quantitative estimate of drug-likeness (QED) is 0.896. The fourth-order valence-corrected chi connectivity index (χ4v) is 2.30. The van der Waals surface area contributed by atoms with Gasteiger partial charge in [0, 0.05) is 25.6 Å². The molecule has 0 amide bonds. The van der Waals surface area contributed by atoms with Crippen molar-refractivity contribution in [3.63, 3.8) is 0 Å². The van der Waals surface area contributed by atoms with Crippen LogP contribution in [-0.4, -0.2) is 35.8 Å². The SMILES string of the molecule is CCC1CN(c2cnc(C(C)C)nc2CN)CCO1. The first-order valence-electron chi connectivity index (χ1n) is 7.08. The molecule has 0 radical (unpaired) electrons. The third-order valence-corrected chi connectivity index (χ3v) is 3.51. The highest BCUT2D eigenvalue weighted by Gasteiger charge is 2.22. The van der Waals surface area contributed by atoms with E-state index < -0.39 is 0 Å². The summed E-state index contributed by atoms with van der Waals surface area (Å²) in [4.78, 5) is 11.4. The van der Waals surface area contributed by atoms with E-state index in [2.05, 4.69) is 35.6 Å². The molecule has 2 N–H and O–H groups in total. The fourth-order valence-electron chi connectivity index (χ4n) is 2.30. The molecule has 5 heteroatoms. The molecule has 1 saturated heterocycles. The Morgan fingerprint density at radius 1 is 1.53 bits per heavy atom. The molecule has 106 valence electrons. The summed E-state index contributed by atoms with van der Waals surface area (Å²) in [7, 11) is 0. The average molecular weight is 264 g/mol. The van der Waals surface area contributed by atoms with E-state index >= 15 is 0 Å². The predicted molar refractivity (Wildman–Crippen MR) is 76.3 cm³/mol. The van der Waals surface area contributed by atoms with Gasteiger partial charge in [-0.15, -0.1) is 0 Å². The molecule has 0 aromatic carbocycles. The van der Waals surface area contributed by atoms with Crippen LogP contribution in [0.4, 0.5) is 5.69 Å². The summed E-state index contributed by atoms with van der Waals surface area (Å²) in [6, 6.07) is 0. The number of rotatable bonds is 4. The van der Waals surface area contributed by atoms with E-state index in [0.29, 0.717) is 18.6 Å². The zero-order valence-electron chi connectivity index (χ0n) is 12.1. The number of nitrogens with zero attached hydrogens (tertiary/aromatic N) is 3. The minimum Gasteiger partial charge on any atom is -0.375 e. The molecule has 0 bridgehead atoms. The summed E-state index contributed by atoms with van der Waals surface area (Å²) in [5, 5.41) is 0. The van der Waals surface area contributed by atoms with Crippen LogP contribution >= 0.6 is 0 Å². The van der Waals surface area contributed by atoms with Crippen LogP contribution in [0.1, 0.15) is 44.6 Å². The standard InChI is InChI=1S/C14H24N4O/c1-4-11-9-18(5-6-19-11)13-8-16-14(10(2)3)17-12(13)7-15/h8,10-11H,4-7,9,15H2,1-3H3. The molecule has 1 aliphatic heterocycles. The first-order valence-corrected chi connectivity index (χ1v) is 7.08. The van der Waals surface area contributed by atoms with Gasteiger partial charge in [-0.25, -0.2) is 9.97 Å². The predicted octanol–water partition coefficient (Wildman–Crippen LogP) is 1.67. The van der Waals surface area contributed by atoms with Crippen LogP contribution in [0.3, 0.4) is 0 Å². The van der Waals surface area contributed by atoms with Crippen LogP contribution in [0.5, 0.6) is 0 Å². The second kappa shape index (κ2) is 6.30. The summed E-state index contributed by atoms with van der Waals surface area (Å²) >= 11 is 0. The van der Waals surface area contributed by atoms with Gasteiger partial charge in [-0.05, 0) is 6.42 Å². The Bertz CT molecular complexity index is 422. The third-order valence-electron chi connectivity index (χ3n) is 3.51. The van der Waals surface area contributed by atoms with Crippen LogP contribution in [0.25, 0.3) is 0 Å². The Morgan fingerprint density at radius 2 is 2.32 bits per heavy atom. The van der Waals surface area contributed by atoms with Gasteiger partial charge < -0.3 is 15.4 Å². The number of nitrogens with two attached hydrogens (primary N) is 1. The van der Waals surface area contributed by atoms with Crippen molar-refractivity contribution in [2.24, 2.45) is 5.73 Å². The molecule has 0 spiro atoms. The van der Waals surface area contributed by atoms with Crippen molar-refractivity contribution in [2.75, 3.05) is 24.6 Å². The van der Waals surface area contributed by atoms with Crippen molar-refractivity contribution in [3.05, 3.63) is 17.7 Å². The van der Waals surface area contributed by atoms with Crippen molar-refractivity contribution < 1.29 is 4.74 Å². The zero-order valence-corrected chi connectivity index (χ0v) is 12.1. The Morgan fingerprint density at radius 3 is 2.95 bits per heavy atom. The highest BCUT2D eigenvalue weighted by atomic mass is 16.5. The van der Waals surface area contributed by atoms with Gasteiger partial charge >= 0.3 is 0 Å². The van der Waals surface area contributed by atoms with Crippen LogP contribution in [0.2, 0.25) is 0 Å². The summed E-state index contributed by atoms with van der Waals surface area (Å²) in [6.45, 7) is 9.33. The van der Waals surface area contributed by atoms with E-state index in [9.17, 15) is 0 Å². The maximum Gasteiger partial charge on any atom is 0.131 e. The fraction of sp³-hybridized carbons (Fsp3) is 0.714. The molecule has 0 saturated carbocycles. The molecule has 1 unspecified atom stereocenters.